The van der Waals surface area contributed by atoms with Crippen LogP contribution in [0.3, 0.4) is 0 Å². The zero-order valence-corrected chi connectivity index (χ0v) is 12.1. The minimum Gasteiger partial charge on any atom is -0.399 e. The van der Waals surface area contributed by atoms with Crippen molar-refractivity contribution < 1.29 is 12.6 Å². The van der Waals surface area contributed by atoms with Gasteiger partial charge in [0, 0.05) is 35.0 Å². The van der Waals surface area contributed by atoms with Gasteiger partial charge in [-0.2, -0.15) is 0 Å². The van der Waals surface area contributed by atoms with Gasteiger partial charge in [-0.25, -0.2) is 13.1 Å². The summed E-state index contributed by atoms with van der Waals surface area (Å²) in [5.41, 5.74) is 6.65. The summed E-state index contributed by atoms with van der Waals surface area (Å²) in [7, 11) is -4.44. The van der Waals surface area contributed by atoms with Crippen LogP contribution in [0.5, 0.6) is 0 Å². The smallest absolute Gasteiger partial charge is 0.240 e. The van der Waals surface area contributed by atoms with E-state index < -0.39 is 20.8 Å². The fourth-order valence-electron chi connectivity index (χ4n) is 1.47. The van der Waals surface area contributed by atoms with Crippen LogP contribution in [-0.2, 0) is 20.8 Å². The van der Waals surface area contributed by atoms with E-state index in [0.29, 0.717) is 23.4 Å². The van der Waals surface area contributed by atoms with Gasteiger partial charge < -0.3 is 5.73 Å². The third kappa shape index (κ3) is 4.40. The number of nitrogens with one attached hydrogen (secondary N) is 1. The Morgan fingerprint density at radius 1 is 1.39 bits per heavy atom. The van der Waals surface area contributed by atoms with Crippen LogP contribution in [-0.4, -0.2) is 31.2 Å². The first-order valence-electron chi connectivity index (χ1n) is 5.49. The molecule has 0 heterocycles. The average molecular weight is 290 g/mol. The molecular formula is C11H18N2O3S2. The molecule has 0 aliphatic carbocycles. The quantitative estimate of drug-likeness (QED) is 0.594. The van der Waals surface area contributed by atoms with Crippen molar-refractivity contribution in [2.24, 2.45) is 0 Å². The van der Waals surface area contributed by atoms with E-state index in [9.17, 15) is 12.6 Å². The number of benzene rings is 1. The second kappa shape index (κ2) is 6.31. The molecule has 3 N–H and O–H groups in total. The average Bonchev–Trinajstić information content (AvgIpc) is 2.27. The predicted molar refractivity (Wildman–Crippen MR) is 74.3 cm³/mol. The molecule has 0 aromatic heterocycles. The number of hydrogen-bond donors (Lipinski definition) is 2. The zero-order valence-electron chi connectivity index (χ0n) is 10.5. The van der Waals surface area contributed by atoms with Crippen molar-refractivity contribution in [2.75, 3.05) is 24.3 Å². The van der Waals surface area contributed by atoms with E-state index >= 15 is 0 Å². The van der Waals surface area contributed by atoms with Crippen molar-refractivity contribution in [3.05, 3.63) is 23.8 Å². The summed E-state index contributed by atoms with van der Waals surface area (Å²) in [6, 6.07) is 4.77. The molecule has 1 unspecified atom stereocenters. The second-order valence-corrected chi connectivity index (χ2v) is 7.34. The summed E-state index contributed by atoms with van der Waals surface area (Å²) < 4.78 is 37.4. The fourth-order valence-corrected chi connectivity index (χ4v) is 3.37. The molecular weight excluding hydrogens is 272 g/mol. The van der Waals surface area contributed by atoms with Crippen molar-refractivity contribution >= 4 is 26.5 Å². The Morgan fingerprint density at radius 3 is 2.67 bits per heavy atom. The van der Waals surface area contributed by atoms with Crippen LogP contribution < -0.4 is 10.5 Å². The Hall–Kier alpha value is -0.920. The molecule has 0 saturated carbocycles. The second-order valence-electron chi connectivity index (χ2n) is 4.05. The van der Waals surface area contributed by atoms with Crippen LogP contribution in [0.15, 0.2) is 23.1 Å². The van der Waals surface area contributed by atoms with Crippen LogP contribution >= 0.6 is 0 Å². The highest BCUT2D eigenvalue weighted by Gasteiger charge is 2.16. The maximum atomic E-state index is 12.0. The third-order valence-corrected chi connectivity index (χ3v) is 4.87. The molecule has 0 saturated heterocycles. The van der Waals surface area contributed by atoms with Gasteiger partial charge in [0.15, 0.2) is 0 Å². The minimum atomic E-state index is -3.54. The standard InChI is InChI=1S/C11H18N2O3S2/c1-9-4-5-10(12)8-11(9)18(15,16)13-6-3-7-17(2)14/h4-5,8,13H,3,6-7,12H2,1-2H3. The predicted octanol–water partition coefficient (Wildman–Crippen LogP) is 0.624. The lowest BCUT2D eigenvalue weighted by atomic mass is 10.2. The normalized spacial score (nSPS) is 13.4. The molecule has 0 aliphatic rings. The summed E-state index contributed by atoms with van der Waals surface area (Å²) in [5.74, 6) is 0.485. The van der Waals surface area contributed by atoms with Gasteiger partial charge in [-0.05, 0) is 31.0 Å². The number of nitrogens with two attached hydrogens (primary N) is 1. The Bertz CT molecular complexity index is 541. The first-order chi connectivity index (χ1) is 8.33. The van der Waals surface area contributed by atoms with Crippen molar-refractivity contribution in [3.8, 4) is 0 Å². The fraction of sp³-hybridized carbons (Fsp3) is 0.455. The molecule has 1 aromatic carbocycles. The molecule has 0 amide bonds. The van der Waals surface area contributed by atoms with Crippen LogP contribution in [0.1, 0.15) is 12.0 Å². The molecule has 7 heteroatoms. The van der Waals surface area contributed by atoms with Crippen molar-refractivity contribution in [2.45, 2.75) is 18.2 Å². The SMILES string of the molecule is Cc1ccc(N)cc1S(=O)(=O)NCCCS(C)=O. The van der Waals surface area contributed by atoms with E-state index in [1.165, 1.54) is 6.07 Å². The van der Waals surface area contributed by atoms with Crippen molar-refractivity contribution in [1.29, 1.82) is 0 Å². The number of sulfonamides is 1. The third-order valence-electron chi connectivity index (χ3n) is 2.40. The van der Waals surface area contributed by atoms with E-state index in [4.69, 9.17) is 5.73 Å². The first-order valence-corrected chi connectivity index (χ1v) is 8.70. The zero-order chi connectivity index (χ0) is 13.8. The first kappa shape index (κ1) is 15.1. The van der Waals surface area contributed by atoms with Gasteiger partial charge in [0.1, 0.15) is 0 Å². The molecule has 0 spiro atoms. The number of anilines is 1. The van der Waals surface area contributed by atoms with E-state index in [-0.39, 0.29) is 11.4 Å². The van der Waals surface area contributed by atoms with Crippen LogP contribution in [0, 0.1) is 6.92 Å². The number of nitrogen functional groups attached to an aromatic ring is 1. The monoisotopic (exact) mass is 290 g/mol. The van der Waals surface area contributed by atoms with Gasteiger partial charge in [-0.3, -0.25) is 4.21 Å². The molecule has 0 bridgehead atoms. The Balaban J connectivity index is 2.74. The summed E-state index contributed by atoms with van der Waals surface area (Å²) in [6.45, 7) is 1.99. The highest BCUT2D eigenvalue weighted by Crippen LogP contribution is 2.17. The van der Waals surface area contributed by atoms with Gasteiger partial charge in [-0.15, -0.1) is 0 Å². The van der Waals surface area contributed by atoms with Crippen molar-refractivity contribution in [1.82, 2.24) is 4.72 Å². The molecule has 1 aromatic rings. The molecule has 102 valence electrons. The topological polar surface area (TPSA) is 89.3 Å². The molecule has 0 radical (unpaired) electrons. The molecule has 18 heavy (non-hydrogen) atoms. The number of aryl methyl sites for hydroxylation is 1. The number of hydrogen-bond acceptors (Lipinski definition) is 4. The number of rotatable bonds is 6. The van der Waals surface area contributed by atoms with E-state index in [0.717, 1.165) is 0 Å². The van der Waals surface area contributed by atoms with Gasteiger partial charge in [0.05, 0.1) is 4.90 Å². The minimum absolute atomic E-state index is 0.195. The highest BCUT2D eigenvalue weighted by molar-refractivity contribution is 7.89. The van der Waals surface area contributed by atoms with Gasteiger partial charge in [0.2, 0.25) is 10.0 Å². The van der Waals surface area contributed by atoms with Crippen molar-refractivity contribution in [3.63, 3.8) is 0 Å². The maximum absolute atomic E-state index is 12.0. The lowest BCUT2D eigenvalue weighted by Gasteiger charge is -2.09. The largest absolute Gasteiger partial charge is 0.399 e. The lowest BCUT2D eigenvalue weighted by Crippen LogP contribution is -2.26. The van der Waals surface area contributed by atoms with Crippen LogP contribution in [0.2, 0.25) is 0 Å². The van der Waals surface area contributed by atoms with Crippen LogP contribution in [0.25, 0.3) is 0 Å². The summed E-state index contributed by atoms with van der Waals surface area (Å²) in [6.07, 6.45) is 2.14. The van der Waals surface area contributed by atoms with E-state index in [1.54, 1.807) is 25.3 Å². The molecule has 1 rings (SSSR count). The Morgan fingerprint density at radius 2 is 2.06 bits per heavy atom. The van der Waals surface area contributed by atoms with E-state index in [1.807, 2.05) is 0 Å². The van der Waals surface area contributed by atoms with Crippen LogP contribution in [0.4, 0.5) is 5.69 Å². The summed E-state index contributed by atoms with van der Waals surface area (Å²) in [5, 5.41) is 0. The van der Waals surface area contributed by atoms with Gasteiger partial charge in [-0.1, -0.05) is 6.07 Å². The highest BCUT2D eigenvalue weighted by atomic mass is 32.2. The molecule has 1 atom stereocenters. The Labute approximate surface area is 110 Å². The summed E-state index contributed by atoms with van der Waals surface area (Å²) >= 11 is 0. The molecule has 0 aliphatic heterocycles. The Kier molecular flexibility index (Phi) is 5.30. The molecule has 5 nitrogen and oxygen atoms in total. The maximum Gasteiger partial charge on any atom is 0.240 e. The van der Waals surface area contributed by atoms with E-state index in [2.05, 4.69) is 4.72 Å². The van der Waals surface area contributed by atoms with Gasteiger partial charge in [0.25, 0.3) is 0 Å². The van der Waals surface area contributed by atoms with Gasteiger partial charge >= 0.3 is 0 Å². The molecule has 0 fully saturated rings. The summed E-state index contributed by atoms with van der Waals surface area (Å²) in [4.78, 5) is 0.195. The lowest BCUT2D eigenvalue weighted by molar-refractivity contribution is 0.580.